The van der Waals surface area contributed by atoms with Gasteiger partial charge in [-0.3, -0.25) is 0 Å². The lowest BCUT2D eigenvalue weighted by molar-refractivity contribution is 0.0582. The summed E-state index contributed by atoms with van der Waals surface area (Å²) >= 11 is 2.48. The Kier molecular flexibility index (Phi) is 7.20. The molecule has 5 saturated carbocycles. The third kappa shape index (κ3) is 4.47. The second kappa shape index (κ2) is 10.1. The normalized spacial score (nSPS) is 50.5. The van der Waals surface area contributed by atoms with Gasteiger partial charge in [0.2, 0.25) is 0 Å². The molecule has 2 heteroatoms. The van der Waals surface area contributed by atoms with E-state index in [4.69, 9.17) is 5.73 Å². The molecule has 1 heterocycles. The highest BCUT2D eigenvalue weighted by Crippen LogP contribution is 2.59. The van der Waals surface area contributed by atoms with E-state index >= 15 is 0 Å². The molecule has 0 aromatic carbocycles. The van der Waals surface area contributed by atoms with Gasteiger partial charge in [0.1, 0.15) is 0 Å². The zero-order valence-corrected chi connectivity index (χ0v) is 21.6. The van der Waals surface area contributed by atoms with Crippen molar-refractivity contribution < 1.29 is 0 Å². The van der Waals surface area contributed by atoms with E-state index in [1.54, 1.807) is 44.9 Å². The van der Waals surface area contributed by atoms with Crippen LogP contribution in [-0.4, -0.2) is 16.5 Å². The highest BCUT2D eigenvalue weighted by Gasteiger charge is 2.52. The van der Waals surface area contributed by atoms with Gasteiger partial charge in [-0.15, -0.1) is 0 Å². The van der Waals surface area contributed by atoms with Crippen LogP contribution in [0, 0.1) is 47.3 Å². The Morgan fingerprint density at radius 3 is 1.88 bits per heavy atom. The molecule has 5 aliphatic carbocycles. The number of rotatable bonds is 3. The van der Waals surface area contributed by atoms with Gasteiger partial charge in [0, 0.05) is 16.5 Å². The van der Waals surface area contributed by atoms with Crippen LogP contribution in [-0.2, 0) is 0 Å². The number of thioether (sulfide) groups is 1. The molecule has 0 bridgehead atoms. The number of hydrogen-bond donors (Lipinski definition) is 1. The maximum Gasteiger partial charge on any atom is 0.0113 e. The molecule has 0 radical (unpaired) electrons. The SMILES string of the molecule is NC1CCC(C2CCCC(C3CCCCC3)C2)CC1C1CCCC2C3CCCCC3SC12. The summed E-state index contributed by atoms with van der Waals surface area (Å²) in [5.41, 5.74) is 6.97. The van der Waals surface area contributed by atoms with E-state index in [1.807, 2.05) is 0 Å². The van der Waals surface area contributed by atoms with Gasteiger partial charge in [-0.2, -0.15) is 11.8 Å². The first-order valence-corrected chi connectivity index (χ1v) is 16.1. The lowest BCUT2D eigenvalue weighted by Crippen LogP contribution is -2.47. The van der Waals surface area contributed by atoms with E-state index in [1.165, 1.54) is 77.0 Å². The smallest absolute Gasteiger partial charge is 0.0113 e. The zero-order valence-electron chi connectivity index (χ0n) is 20.8. The lowest BCUT2D eigenvalue weighted by atomic mass is 9.59. The Labute approximate surface area is 203 Å². The maximum atomic E-state index is 6.97. The molecule has 0 aromatic heterocycles. The number of hydrogen-bond acceptors (Lipinski definition) is 2. The van der Waals surface area contributed by atoms with Crippen molar-refractivity contribution in [1.29, 1.82) is 0 Å². The third-order valence-electron chi connectivity index (χ3n) is 11.8. The van der Waals surface area contributed by atoms with E-state index in [0.29, 0.717) is 6.04 Å². The molecule has 0 spiro atoms. The second-order valence-electron chi connectivity index (χ2n) is 13.3. The summed E-state index contributed by atoms with van der Waals surface area (Å²) in [5, 5.41) is 2.00. The Balaban J connectivity index is 1.12. The molecule has 10 unspecified atom stereocenters. The molecule has 10 atom stereocenters. The maximum absolute atomic E-state index is 6.97. The summed E-state index contributed by atoms with van der Waals surface area (Å²) in [4.78, 5) is 0. The summed E-state index contributed by atoms with van der Waals surface area (Å²) < 4.78 is 0. The van der Waals surface area contributed by atoms with Gasteiger partial charge in [0.15, 0.2) is 0 Å². The molecule has 0 aromatic rings. The van der Waals surface area contributed by atoms with Gasteiger partial charge >= 0.3 is 0 Å². The van der Waals surface area contributed by atoms with Gasteiger partial charge in [0.25, 0.3) is 0 Å². The van der Waals surface area contributed by atoms with Gasteiger partial charge in [-0.05, 0) is 98.7 Å². The summed E-state index contributed by atoms with van der Waals surface area (Å²) in [6.45, 7) is 0. The minimum atomic E-state index is 0.510. The molecule has 2 N–H and O–H groups in total. The molecule has 182 valence electrons. The molecule has 0 amide bonds. The van der Waals surface area contributed by atoms with Crippen LogP contribution >= 0.6 is 11.8 Å². The molecule has 6 fully saturated rings. The van der Waals surface area contributed by atoms with Gasteiger partial charge in [-0.25, -0.2) is 0 Å². The summed E-state index contributed by atoms with van der Waals surface area (Å²) in [6.07, 6.45) is 28.9. The topological polar surface area (TPSA) is 26.0 Å². The van der Waals surface area contributed by atoms with Crippen molar-refractivity contribution in [3.63, 3.8) is 0 Å². The summed E-state index contributed by atoms with van der Waals surface area (Å²) in [7, 11) is 0. The second-order valence-corrected chi connectivity index (χ2v) is 14.8. The van der Waals surface area contributed by atoms with Crippen LogP contribution in [0.3, 0.4) is 0 Å². The summed E-state index contributed by atoms with van der Waals surface area (Å²) in [6, 6.07) is 0.510. The van der Waals surface area contributed by atoms with Crippen LogP contribution in [0.1, 0.15) is 122 Å². The van der Waals surface area contributed by atoms with E-state index in [2.05, 4.69) is 11.8 Å². The molecule has 1 nitrogen and oxygen atoms in total. The fraction of sp³-hybridized carbons (Fsp3) is 1.00. The van der Waals surface area contributed by atoms with Gasteiger partial charge < -0.3 is 5.73 Å². The first-order chi connectivity index (χ1) is 15.8. The van der Waals surface area contributed by atoms with Crippen LogP contribution < -0.4 is 5.73 Å². The van der Waals surface area contributed by atoms with Crippen molar-refractivity contribution in [2.24, 2.45) is 53.1 Å². The first-order valence-electron chi connectivity index (χ1n) is 15.2. The summed E-state index contributed by atoms with van der Waals surface area (Å²) in [5.74, 6) is 8.17. The molecule has 6 aliphatic rings. The molecular formula is C30H51NS. The van der Waals surface area contributed by atoms with Crippen molar-refractivity contribution in [2.45, 2.75) is 139 Å². The molecule has 1 saturated heterocycles. The van der Waals surface area contributed by atoms with Crippen molar-refractivity contribution in [3.05, 3.63) is 0 Å². The number of nitrogens with two attached hydrogens (primary N) is 1. The van der Waals surface area contributed by atoms with Crippen LogP contribution in [0.2, 0.25) is 0 Å². The average molecular weight is 458 g/mol. The van der Waals surface area contributed by atoms with Gasteiger partial charge in [0.05, 0.1) is 0 Å². The number of fused-ring (bicyclic) bond motifs is 3. The Bertz CT molecular complexity index is 614. The van der Waals surface area contributed by atoms with Crippen molar-refractivity contribution in [1.82, 2.24) is 0 Å². The van der Waals surface area contributed by atoms with Crippen molar-refractivity contribution in [3.8, 4) is 0 Å². The standard InChI is InChI=1S/C30H51NS/c31-28-17-16-23(22-11-6-10-21(18-22)20-8-2-1-3-9-20)19-27(28)26-14-7-13-25-24-12-4-5-15-29(24)32-30(25)26/h20-30H,1-19,31H2. The molecule has 6 rings (SSSR count). The van der Waals surface area contributed by atoms with E-state index in [-0.39, 0.29) is 0 Å². The van der Waals surface area contributed by atoms with Crippen molar-refractivity contribution >= 4 is 11.8 Å². The fourth-order valence-electron chi connectivity index (χ4n) is 10.3. The van der Waals surface area contributed by atoms with Crippen LogP contribution in [0.4, 0.5) is 0 Å². The average Bonchev–Trinajstić information content (AvgIpc) is 3.24. The Morgan fingerprint density at radius 2 is 1.03 bits per heavy atom. The largest absolute Gasteiger partial charge is 0.327 e. The minimum Gasteiger partial charge on any atom is -0.327 e. The van der Waals surface area contributed by atoms with E-state index in [9.17, 15) is 0 Å². The van der Waals surface area contributed by atoms with Crippen LogP contribution in [0.15, 0.2) is 0 Å². The van der Waals surface area contributed by atoms with Crippen LogP contribution in [0.25, 0.3) is 0 Å². The van der Waals surface area contributed by atoms with Crippen molar-refractivity contribution in [2.75, 3.05) is 0 Å². The fourth-order valence-corrected chi connectivity index (χ4v) is 12.6. The quantitative estimate of drug-likeness (QED) is 0.462. The Morgan fingerprint density at radius 1 is 0.438 bits per heavy atom. The predicted octanol–water partition coefficient (Wildman–Crippen LogP) is 8.21. The molecular weight excluding hydrogens is 406 g/mol. The van der Waals surface area contributed by atoms with Gasteiger partial charge in [-0.1, -0.05) is 70.6 Å². The Hall–Kier alpha value is 0.310. The molecule has 32 heavy (non-hydrogen) atoms. The van der Waals surface area contributed by atoms with E-state index in [0.717, 1.165) is 57.8 Å². The lowest BCUT2D eigenvalue weighted by Gasteiger charge is -2.48. The highest BCUT2D eigenvalue weighted by atomic mass is 32.2. The first kappa shape index (κ1) is 22.8. The zero-order chi connectivity index (χ0) is 21.5. The third-order valence-corrected chi connectivity index (χ3v) is 13.8. The monoisotopic (exact) mass is 457 g/mol. The van der Waals surface area contributed by atoms with Crippen LogP contribution in [0.5, 0.6) is 0 Å². The van der Waals surface area contributed by atoms with E-state index < -0.39 is 0 Å². The highest BCUT2D eigenvalue weighted by molar-refractivity contribution is 8.00. The minimum absolute atomic E-state index is 0.510. The predicted molar refractivity (Wildman–Crippen MR) is 139 cm³/mol. The molecule has 1 aliphatic heterocycles.